The van der Waals surface area contributed by atoms with Gasteiger partial charge in [0.25, 0.3) is 0 Å². The molecule has 1 heterocycles. The second-order valence-electron chi connectivity index (χ2n) is 5.12. The van der Waals surface area contributed by atoms with Gasteiger partial charge in [0, 0.05) is 16.4 Å². The Balaban J connectivity index is 1.80. The van der Waals surface area contributed by atoms with Crippen LogP contribution in [0, 0.1) is 0 Å². The minimum absolute atomic E-state index is 0.200. The number of carbonyl (C=O) groups is 1. The maximum Gasteiger partial charge on any atom is 0.335 e. The van der Waals surface area contributed by atoms with Gasteiger partial charge in [-0.25, -0.2) is 14.8 Å². The van der Waals surface area contributed by atoms with Gasteiger partial charge in [0.2, 0.25) is 0 Å². The number of carboxylic acids is 1. The summed E-state index contributed by atoms with van der Waals surface area (Å²) in [5.41, 5.74) is 8.09. The van der Waals surface area contributed by atoms with Gasteiger partial charge in [0.05, 0.1) is 5.56 Å². The number of nitrogens with one attached hydrogen (secondary N) is 2. The standard InChI is InChI=1S/C17H14ClN5O2/c18-11-3-7-13(8-4-11)23-16-14(19)15(20-9-21-16)22-12-5-1-10(2-6-12)17(24)25/h1-9H,19H2,(H,24,25)(H2,20,21,22,23). The third kappa shape index (κ3) is 3.96. The fourth-order valence-corrected chi connectivity index (χ4v) is 2.22. The minimum atomic E-state index is -0.984. The molecular formula is C17H14ClN5O2. The molecule has 0 fully saturated rings. The molecule has 7 nitrogen and oxygen atoms in total. The number of nitrogen functional groups attached to an aromatic ring is 1. The Morgan fingerprint density at radius 1 is 0.920 bits per heavy atom. The molecule has 0 amide bonds. The lowest BCUT2D eigenvalue weighted by atomic mass is 10.2. The average Bonchev–Trinajstić information content (AvgIpc) is 2.61. The first kappa shape index (κ1) is 16.5. The van der Waals surface area contributed by atoms with Gasteiger partial charge in [0.15, 0.2) is 11.6 Å². The van der Waals surface area contributed by atoms with Crippen LogP contribution in [0.25, 0.3) is 0 Å². The molecule has 2 aromatic carbocycles. The zero-order valence-electron chi connectivity index (χ0n) is 12.9. The number of anilines is 5. The van der Waals surface area contributed by atoms with Crippen LogP contribution in [0.1, 0.15) is 10.4 Å². The quantitative estimate of drug-likeness (QED) is 0.549. The lowest BCUT2D eigenvalue weighted by Crippen LogP contribution is -2.05. The number of aromatic nitrogens is 2. The number of hydrogen-bond donors (Lipinski definition) is 4. The molecule has 0 unspecified atom stereocenters. The molecule has 0 atom stereocenters. The maximum absolute atomic E-state index is 10.9. The number of carboxylic acid groups (broad SMARTS) is 1. The van der Waals surface area contributed by atoms with E-state index in [1.54, 1.807) is 24.3 Å². The zero-order valence-corrected chi connectivity index (χ0v) is 13.7. The molecule has 0 saturated carbocycles. The second-order valence-corrected chi connectivity index (χ2v) is 5.56. The lowest BCUT2D eigenvalue weighted by Gasteiger charge is -2.12. The maximum atomic E-state index is 10.9. The van der Waals surface area contributed by atoms with Gasteiger partial charge < -0.3 is 21.5 Å². The van der Waals surface area contributed by atoms with Crippen molar-refractivity contribution in [1.29, 1.82) is 0 Å². The zero-order chi connectivity index (χ0) is 17.8. The van der Waals surface area contributed by atoms with E-state index in [1.165, 1.54) is 18.5 Å². The van der Waals surface area contributed by atoms with Crippen LogP contribution in [0.15, 0.2) is 54.9 Å². The van der Waals surface area contributed by atoms with Crippen molar-refractivity contribution < 1.29 is 9.90 Å². The molecule has 3 aromatic rings. The van der Waals surface area contributed by atoms with Crippen LogP contribution < -0.4 is 16.4 Å². The van der Waals surface area contributed by atoms with Gasteiger partial charge >= 0.3 is 5.97 Å². The van der Waals surface area contributed by atoms with E-state index in [9.17, 15) is 4.79 Å². The molecule has 0 radical (unpaired) electrons. The van der Waals surface area contributed by atoms with Crippen LogP contribution in [0.2, 0.25) is 5.02 Å². The Kier molecular flexibility index (Phi) is 4.67. The Morgan fingerprint density at radius 3 is 1.88 bits per heavy atom. The molecule has 0 saturated heterocycles. The van der Waals surface area contributed by atoms with E-state index in [4.69, 9.17) is 22.4 Å². The first-order valence-corrected chi connectivity index (χ1v) is 7.64. The number of rotatable bonds is 5. The highest BCUT2D eigenvalue weighted by Crippen LogP contribution is 2.28. The monoisotopic (exact) mass is 355 g/mol. The highest BCUT2D eigenvalue weighted by atomic mass is 35.5. The summed E-state index contributed by atoms with van der Waals surface area (Å²) in [6.45, 7) is 0. The summed E-state index contributed by atoms with van der Waals surface area (Å²) < 4.78 is 0. The average molecular weight is 356 g/mol. The Morgan fingerprint density at radius 2 is 1.40 bits per heavy atom. The molecule has 0 aliphatic heterocycles. The van der Waals surface area contributed by atoms with E-state index in [0.29, 0.717) is 28.0 Å². The minimum Gasteiger partial charge on any atom is -0.478 e. The summed E-state index contributed by atoms with van der Waals surface area (Å²) in [5.74, 6) is -0.126. The predicted molar refractivity (Wildman–Crippen MR) is 97.9 cm³/mol. The second kappa shape index (κ2) is 7.06. The molecule has 3 rings (SSSR count). The summed E-state index contributed by atoms with van der Waals surface area (Å²) >= 11 is 5.87. The van der Waals surface area contributed by atoms with Crippen molar-refractivity contribution in [3.63, 3.8) is 0 Å². The number of hydrogen-bond acceptors (Lipinski definition) is 6. The molecule has 0 aliphatic rings. The van der Waals surface area contributed by atoms with Crippen LogP contribution >= 0.6 is 11.6 Å². The molecule has 0 aliphatic carbocycles. The number of nitrogens with zero attached hydrogens (tertiary/aromatic N) is 2. The Labute approximate surface area is 148 Å². The summed E-state index contributed by atoms with van der Waals surface area (Å²) in [4.78, 5) is 19.1. The van der Waals surface area contributed by atoms with Crippen LogP contribution in [0.4, 0.5) is 28.7 Å². The van der Waals surface area contributed by atoms with Gasteiger partial charge in [-0.3, -0.25) is 0 Å². The van der Waals surface area contributed by atoms with E-state index in [2.05, 4.69) is 20.6 Å². The molecule has 0 bridgehead atoms. The fraction of sp³-hybridized carbons (Fsp3) is 0. The van der Waals surface area contributed by atoms with E-state index < -0.39 is 5.97 Å². The molecule has 5 N–H and O–H groups in total. The molecule has 25 heavy (non-hydrogen) atoms. The number of benzene rings is 2. The normalized spacial score (nSPS) is 10.3. The summed E-state index contributed by atoms with van der Waals surface area (Å²) in [6.07, 6.45) is 1.38. The summed E-state index contributed by atoms with van der Waals surface area (Å²) in [5, 5.41) is 15.7. The number of nitrogens with two attached hydrogens (primary N) is 1. The van der Waals surface area contributed by atoms with Crippen molar-refractivity contribution in [3.05, 3.63) is 65.4 Å². The molecule has 0 spiro atoms. The van der Waals surface area contributed by atoms with Crippen LogP contribution in [0.3, 0.4) is 0 Å². The van der Waals surface area contributed by atoms with Crippen molar-refractivity contribution in [2.75, 3.05) is 16.4 Å². The fourth-order valence-electron chi connectivity index (χ4n) is 2.10. The van der Waals surface area contributed by atoms with Gasteiger partial charge in [0.1, 0.15) is 12.0 Å². The number of aromatic carboxylic acids is 1. The van der Waals surface area contributed by atoms with Crippen molar-refractivity contribution in [2.24, 2.45) is 0 Å². The van der Waals surface area contributed by atoms with Crippen LogP contribution in [-0.2, 0) is 0 Å². The number of halogens is 1. The SMILES string of the molecule is Nc1c(Nc2ccc(Cl)cc2)ncnc1Nc1ccc(C(=O)O)cc1. The lowest BCUT2D eigenvalue weighted by molar-refractivity contribution is 0.0697. The highest BCUT2D eigenvalue weighted by molar-refractivity contribution is 6.30. The van der Waals surface area contributed by atoms with Gasteiger partial charge in [-0.1, -0.05) is 11.6 Å². The highest BCUT2D eigenvalue weighted by Gasteiger charge is 2.09. The Bertz CT molecular complexity index is 898. The first-order valence-electron chi connectivity index (χ1n) is 7.26. The smallest absolute Gasteiger partial charge is 0.335 e. The molecule has 126 valence electrons. The van der Waals surface area contributed by atoms with Crippen molar-refractivity contribution >= 4 is 46.3 Å². The molecule has 8 heteroatoms. The third-order valence-corrected chi connectivity index (χ3v) is 3.64. The summed E-state index contributed by atoms with van der Waals surface area (Å²) in [6, 6.07) is 13.4. The predicted octanol–water partition coefficient (Wildman–Crippen LogP) is 3.90. The Hall–Kier alpha value is -3.32. The molecular weight excluding hydrogens is 342 g/mol. The van der Waals surface area contributed by atoms with Gasteiger partial charge in [-0.05, 0) is 48.5 Å². The van der Waals surface area contributed by atoms with Crippen molar-refractivity contribution in [2.45, 2.75) is 0 Å². The van der Waals surface area contributed by atoms with E-state index in [0.717, 1.165) is 5.69 Å². The van der Waals surface area contributed by atoms with Crippen LogP contribution in [-0.4, -0.2) is 21.0 Å². The largest absolute Gasteiger partial charge is 0.478 e. The van der Waals surface area contributed by atoms with E-state index in [-0.39, 0.29) is 5.56 Å². The molecule has 1 aromatic heterocycles. The van der Waals surface area contributed by atoms with E-state index >= 15 is 0 Å². The van der Waals surface area contributed by atoms with Crippen molar-refractivity contribution in [1.82, 2.24) is 9.97 Å². The summed E-state index contributed by atoms with van der Waals surface area (Å²) in [7, 11) is 0. The van der Waals surface area contributed by atoms with E-state index in [1.807, 2.05) is 12.1 Å². The first-order chi connectivity index (χ1) is 12.0. The van der Waals surface area contributed by atoms with Crippen LogP contribution in [0.5, 0.6) is 0 Å². The van der Waals surface area contributed by atoms with Gasteiger partial charge in [-0.2, -0.15) is 0 Å². The van der Waals surface area contributed by atoms with Gasteiger partial charge in [-0.15, -0.1) is 0 Å². The van der Waals surface area contributed by atoms with Crippen molar-refractivity contribution in [3.8, 4) is 0 Å². The topological polar surface area (TPSA) is 113 Å². The third-order valence-electron chi connectivity index (χ3n) is 3.39.